The third kappa shape index (κ3) is 5.13. The van der Waals surface area contributed by atoms with Crippen LogP contribution < -0.4 is 10.2 Å². The number of hydrogen-bond acceptors (Lipinski definition) is 4. The summed E-state index contributed by atoms with van der Waals surface area (Å²) in [5.41, 5.74) is 2.29. The van der Waals surface area contributed by atoms with Crippen LogP contribution in [0.4, 0.5) is 5.69 Å². The molecular formula is C23H34N4O3. The number of nitrogens with zero attached hydrogens (tertiary/aromatic N) is 3. The van der Waals surface area contributed by atoms with Gasteiger partial charge in [-0.25, -0.2) is 0 Å². The summed E-state index contributed by atoms with van der Waals surface area (Å²) < 4.78 is 11.9. The lowest BCUT2D eigenvalue weighted by Crippen LogP contribution is -2.49. The van der Waals surface area contributed by atoms with Crippen LogP contribution in [0.1, 0.15) is 37.7 Å². The van der Waals surface area contributed by atoms with Gasteiger partial charge in [0.25, 0.3) is 0 Å². The van der Waals surface area contributed by atoms with Crippen molar-refractivity contribution in [3.8, 4) is 0 Å². The number of aliphatic imine (C=N–C) groups is 1. The second-order valence-electron chi connectivity index (χ2n) is 8.33. The Morgan fingerprint density at radius 1 is 1.20 bits per heavy atom. The van der Waals surface area contributed by atoms with E-state index in [-0.39, 0.29) is 24.7 Å². The zero-order valence-corrected chi connectivity index (χ0v) is 18.0. The lowest BCUT2D eigenvalue weighted by atomic mass is 10.1. The first-order valence-electron chi connectivity index (χ1n) is 11.3. The van der Waals surface area contributed by atoms with E-state index in [4.69, 9.17) is 9.47 Å². The maximum atomic E-state index is 12.8. The standard InChI is InChI=1S/C23H34N4O3/c1-24-23(25-16-22(28)27-14-9-18-6-2-3-8-21(18)27)26-12-10-19(11-13-26)30-17-20-7-4-5-15-29-20/h2-3,6,8,19-20H,4-5,7,9-17H2,1H3,(H,24,25). The smallest absolute Gasteiger partial charge is 0.246 e. The summed E-state index contributed by atoms with van der Waals surface area (Å²) in [6.45, 7) is 4.37. The number of fused-ring (bicyclic) bond motifs is 1. The minimum atomic E-state index is 0.0896. The molecule has 1 aromatic rings. The molecule has 0 spiro atoms. The molecule has 0 bridgehead atoms. The Hall–Kier alpha value is -2.12. The summed E-state index contributed by atoms with van der Waals surface area (Å²) in [5.74, 6) is 0.886. The topological polar surface area (TPSA) is 66.4 Å². The van der Waals surface area contributed by atoms with Crippen molar-refractivity contribution in [3.63, 3.8) is 0 Å². The monoisotopic (exact) mass is 414 g/mol. The molecule has 0 radical (unpaired) electrons. The Bertz CT molecular complexity index is 740. The minimum absolute atomic E-state index is 0.0896. The molecule has 1 unspecified atom stereocenters. The quantitative estimate of drug-likeness (QED) is 0.591. The lowest BCUT2D eigenvalue weighted by Gasteiger charge is -2.35. The van der Waals surface area contributed by atoms with Gasteiger partial charge in [-0.3, -0.25) is 9.79 Å². The predicted octanol–water partition coefficient (Wildman–Crippen LogP) is 2.20. The number of anilines is 1. The van der Waals surface area contributed by atoms with Crippen molar-refractivity contribution in [3.05, 3.63) is 29.8 Å². The van der Waals surface area contributed by atoms with Gasteiger partial charge in [0.2, 0.25) is 5.91 Å². The van der Waals surface area contributed by atoms with Crippen LogP contribution in [0.25, 0.3) is 0 Å². The highest BCUT2D eigenvalue weighted by molar-refractivity contribution is 5.98. The molecule has 3 heterocycles. The van der Waals surface area contributed by atoms with E-state index in [9.17, 15) is 4.79 Å². The zero-order chi connectivity index (χ0) is 20.8. The Morgan fingerprint density at radius 2 is 2.03 bits per heavy atom. The fourth-order valence-corrected chi connectivity index (χ4v) is 4.60. The average Bonchev–Trinajstić information content (AvgIpc) is 3.24. The number of carbonyl (C=O) groups is 1. The van der Waals surface area contributed by atoms with Gasteiger partial charge in [-0.15, -0.1) is 0 Å². The van der Waals surface area contributed by atoms with Gasteiger partial charge in [0.1, 0.15) is 0 Å². The normalized spacial score (nSPS) is 22.8. The third-order valence-corrected chi connectivity index (χ3v) is 6.33. The number of benzene rings is 1. The fraction of sp³-hybridized carbons (Fsp3) is 0.652. The van der Waals surface area contributed by atoms with Gasteiger partial charge < -0.3 is 24.6 Å². The van der Waals surface area contributed by atoms with Gasteiger partial charge in [-0.05, 0) is 50.2 Å². The molecule has 1 amide bonds. The number of carbonyl (C=O) groups excluding carboxylic acids is 1. The molecule has 7 nitrogen and oxygen atoms in total. The van der Waals surface area contributed by atoms with Crippen molar-refractivity contribution in [2.75, 3.05) is 51.3 Å². The molecule has 1 aromatic carbocycles. The average molecular weight is 415 g/mol. The summed E-state index contributed by atoms with van der Waals surface area (Å²) in [7, 11) is 1.78. The van der Waals surface area contributed by atoms with E-state index in [1.807, 2.05) is 23.1 Å². The van der Waals surface area contributed by atoms with E-state index in [0.717, 1.165) is 63.6 Å². The SMILES string of the molecule is CN=C(NCC(=O)N1CCc2ccccc21)N1CCC(OCC2CCCCO2)CC1. The predicted molar refractivity (Wildman–Crippen MR) is 118 cm³/mol. The summed E-state index contributed by atoms with van der Waals surface area (Å²) >= 11 is 0. The van der Waals surface area contributed by atoms with Crippen LogP contribution in [-0.4, -0.2) is 75.4 Å². The molecule has 30 heavy (non-hydrogen) atoms. The highest BCUT2D eigenvalue weighted by Crippen LogP contribution is 2.27. The molecule has 0 aliphatic carbocycles. The number of para-hydroxylation sites is 1. The molecule has 1 atom stereocenters. The number of amides is 1. The molecule has 2 fully saturated rings. The van der Waals surface area contributed by atoms with Crippen LogP contribution >= 0.6 is 0 Å². The molecular weight excluding hydrogens is 380 g/mol. The van der Waals surface area contributed by atoms with Crippen LogP contribution in [0.2, 0.25) is 0 Å². The van der Waals surface area contributed by atoms with Gasteiger partial charge in [0.15, 0.2) is 5.96 Å². The summed E-state index contributed by atoms with van der Waals surface area (Å²) in [4.78, 5) is 21.3. The van der Waals surface area contributed by atoms with Crippen molar-refractivity contribution in [1.29, 1.82) is 0 Å². The van der Waals surface area contributed by atoms with Crippen molar-refractivity contribution < 1.29 is 14.3 Å². The van der Waals surface area contributed by atoms with E-state index in [0.29, 0.717) is 6.61 Å². The molecule has 0 saturated carbocycles. The lowest BCUT2D eigenvalue weighted by molar-refractivity contribution is -0.117. The highest BCUT2D eigenvalue weighted by Gasteiger charge is 2.26. The molecule has 3 aliphatic rings. The minimum Gasteiger partial charge on any atom is -0.376 e. The van der Waals surface area contributed by atoms with Crippen molar-refractivity contribution >= 4 is 17.6 Å². The molecule has 164 valence electrons. The second kappa shape index (κ2) is 10.3. The number of guanidine groups is 1. The van der Waals surface area contributed by atoms with Crippen LogP contribution in [0.5, 0.6) is 0 Å². The number of rotatable bonds is 5. The third-order valence-electron chi connectivity index (χ3n) is 6.33. The van der Waals surface area contributed by atoms with E-state index >= 15 is 0 Å². The Kier molecular flexibility index (Phi) is 7.23. The van der Waals surface area contributed by atoms with Crippen molar-refractivity contribution in [2.24, 2.45) is 4.99 Å². The summed E-state index contributed by atoms with van der Waals surface area (Å²) in [6, 6.07) is 8.14. The maximum absolute atomic E-state index is 12.8. The number of nitrogens with one attached hydrogen (secondary N) is 1. The second-order valence-corrected chi connectivity index (χ2v) is 8.33. The van der Waals surface area contributed by atoms with Crippen LogP contribution in [-0.2, 0) is 20.7 Å². The van der Waals surface area contributed by atoms with E-state index < -0.39 is 0 Å². The molecule has 1 N–H and O–H groups in total. The van der Waals surface area contributed by atoms with Gasteiger partial charge in [0.05, 0.1) is 25.4 Å². The molecule has 2 saturated heterocycles. The highest BCUT2D eigenvalue weighted by atomic mass is 16.5. The first-order valence-corrected chi connectivity index (χ1v) is 11.3. The van der Waals surface area contributed by atoms with E-state index in [1.165, 1.54) is 18.4 Å². The molecule has 0 aromatic heterocycles. The van der Waals surface area contributed by atoms with Gasteiger partial charge in [-0.2, -0.15) is 0 Å². The first-order chi connectivity index (χ1) is 14.7. The number of piperidine rings is 1. The van der Waals surface area contributed by atoms with Crippen LogP contribution in [0.3, 0.4) is 0 Å². The van der Waals surface area contributed by atoms with Crippen LogP contribution in [0, 0.1) is 0 Å². The first kappa shape index (κ1) is 21.1. The summed E-state index contributed by atoms with van der Waals surface area (Å²) in [6.07, 6.45) is 6.97. The van der Waals surface area contributed by atoms with E-state index in [1.54, 1.807) is 7.05 Å². The Morgan fingerprint density at radius 3 is 2.80 bits per heavy atom. The van der Waals surface area contributed by atoms with E-state index in [2.05, 4.69) is 21.3 Å². The molecule has 7 heteroatoms. The maximum Gasteiger partial charge on any atom is 0.246 e. The number of likely N-dealkylation sites (tertiary alicyclic amines) is 1. The van der Waals surface area contributed by atoms with Crippen molar-refractivity contribution in [2.45, 2.75) is 50.7 Å². The van der Waals surface area contributed by atoms with Gasteiger partial charge in [0, 0.05) is 39.0 Å². The van der Waals surface area contributed by atoms with Crippen molar-refractivity contribution in [1.82, 2.24) is 10.2 Å². The molecule has 4 rings (SSSR count). The van der Waals surface area contributed by atoms with Gasteiger partial charge in [-0.1, -0.05) is 18.2 Å². The number of hydrogen-bond donors (Lipinski definition) is 1. The largest absolute Gasteiger partial charge is 0.376 e. The number of ether oxygens (including phenoxy) is 2. The van der Waals surface area contributed by atoms with Gasteiger partial charge >= 0.3 is 0 Å². The fourth-order valence-electron chi connectivity index (χ4n) is 4.60. The molecule has 3 aliphatic heterocycles. The zero-order valence-electron chi connectivity index (χ0n) is 18.0. The Labute approximate surface area is 179 Å². The Balaban J connectivity index is 1.20. The van der Waals surface area contributed by atoms with Crippen LogP contribution in [0.15, 0.2) is 29.3 Å². The summed E-state index contributed by atoms with van der Waals surface area (Å²) in [5, 5.41) is 3.27.